The molecule has 1 aliphatic carbocycles. The Hall–Kier alpha value is -2.60. The van der Waals surface area contributed by atoms with Crippen molar-refractivity contribution in [3.05, 3.63) is 56.8 Å². The van der Waals surface area contributed by atoms with Gasteiger partial charge in [0.2, 0.25) is 0 Å². The van der Waals surface area contributed by atoms with Crippen molar-refractivity contribution in [2.45, 2.75) is 71.4 Å². The molecule has 1 aliphatic heterocycles. The van der Waals surface area contributed by atoms with E-state index in [0.717, 1.165) is 47.4 Å². The highest BCUT2D eigenvalue weighted by molar-refractivity contribution is 7.10. The zero-order valence-electron chi connectivity index (χ0n) is 19.2. The van der Waals surface area contributed by atoms with Gasteiger partial charge in [-0.3, -0.25) is 9.59 Å². The van der Waals surface area contributed by atoms with Gasteiger partial charge in [0.05, 0.1) is 12.2 Å². The second kappa shape index (κ2) is 9.10. The molecule has 1 unspecified atom stereocenters. The summed E-state index contributed by atoms with van der Waals surface area (Å²) in [7, 11) is 0. The summed E-state index contributed by atoms with van der Waals surface area (Å²) in [6, 6.07) is 7.00. The Labute approximate surface area is 193 Å². The van der Waals surface area contributed by atoms with Crippen molar-refractivity contribution in [2.24, 2.45) is 0 Å². The zero-order valence-corrected chi connectivity index (χ0v) is 20.0. The van der Waals surface area contributed by atoms with Gasteiger partial charge in [-0.15, -0.1) is 11.3 Å². The number of amides is 1. The minimum atomic E-state index is -0.591. The summed E-state index contributed by atoms with van der Waals surface area (Å²) in [5.41, 5.74) is 2.74. The number of hydrogen-bond donors (Lipinski definition) is 1. The number of nitrogens with zero attached hydrogens (tertiary/aromatic N) is 1. The Kier molecular flexibility index (Phi) is 6.42. The lowest BCUT2D eigenvalue weighted by atomic mass is 9.94. The number of ketones is 1. The molecule has 4 rings (SSSR count). The molecule has 2 aromatic rings. The van der Waals surface area contributed by atoms with Crippen LogP contribution in [0.5, 0.6) is 5.75 Å². The molecule has 1 aromatic heterocycles. The number of aliphatic hydroxyl groups is 1. The van der Waals surface area contributed by atoms with Crippen molar-refractivity contribution < 1.29 is 19.4 Å². The second-order valence-corrected chi connectivity index (χ2v) is 9.90. The van der Waals surface area contributed by atoms with Crippen molar-refractivity contribution in [1.82, 2.24) is 4.90 Å². The molecule has 1 saturated heterocycles. The summed E-state index contributed by atoms with van der Waals surface area (Å²) in [6.07, 6.45) is 3.91. The number of likely N-dealkylation sites (tertiary alicyclic amines) is 1. The Morgan fingerprint density at radius 3 is 2.53 bits per heavy atom. The summed E-state index contributed by atoms with van der Waals surface area (Å²) >= 11 is 1.54. The van der Waals surface area contributed by atoms with Crippen LogP contribution in [0.15, 0.2) is 35.2 Å². The van der Waals surface area contributed by atoms with Gasteiger partial charge in [-0.2, -0.15) is 0 Å². The average Bonchev–Trinajstić information content (AvgIpc) is 3.49. The van der Waals surface area contributed by atoms with E-state index in [-0.39, 0.29) is 23.3 Å². The van der Waals surface area contributed by atoms with Gasteiger partial charge in [0.1, 0.15) is 17.6 Å². The minimum absolute atomic E-state index is 0.0369. The highest BCUT2D eigenvalue weighted by Gasteiger charge is 2.50. The number of ether oxygens (including phenoxy) is 1. The van der Waals surface area contributed by atoms with Crippen LogP contribution < -0.4 is 4.74 Å². The highest BCUT2D eigenvalue weighted by atomic mass is 32.1. The molecule has 0 bridgehead atoms. The third-order valence-corrected chi connectivity index (χ3v) is 7.62. The number of benzene rings is 1. The number of carbonyl (C=O) groups is 2. The summed E-state index contributed by atoms with van der Waals surface area (Å²) in [5, 5.41) is 13.4. The Morgan fingerprint density at radius 1 is 1.22 bits per heavy atom. The van der Waals surface area contributed by atoms with E-state index in [1.165, 1.54) is 11.3 Å². The van der Waals surface area contributed by atoms with Crippen LogP contribution in [0.2, 0.25) is 0 Å². The third-order valence-electron chi connectivity index (χ3n) is 6.55. The van der Waals surface area contributed by atoms with Crippen molar-refractivity contribution >= 4 is 28.8 Å². The first-order chi connectivity index (χ1) is 15.3. The maximum atomic E-state index is 13.3. The van der Waals surface area contributed by atoms with Crippen molar-refractivity contribution in [2.75, 3.05) is 6.61 Å². The molecule has 5 nitrogen and oxygen atoms in total. The monoisotopic (exact) mass is 453 g/mol. The third kappa shape index (κ3) is 3.85. The first-order valence-corrected chi connectivity index (χ1v) is 12.3. The molecular formula is C26H31NO4S. The van der Waals surface area contributed by atoms with E-state index in [4.69, 9.17) is 4.74 Å². The number of aryl methyl sites for hydroxylation is 1. The van der Waals surface area contributed by atoms with Crippen LogP contribution in [-0.2, 0) is 9.59 Å². The lowest BCUT2D eigenvalue weighted by molar-refractivity contribution is -0.141. The fourth-order valence-corrected chi connectivity index (χ4v) is 5.95. The van der Waals surface area contributed by atoms with E-state index < -0.39 is 17.7 Å². The van der Waals surface area contributed by atoms with E-state index in [0.29, 0.717) is 12.2 Å². The van der Waals surface area contributed by atoms with Gasteiger partial charge in [0.25, 0.3) is 11.7 Å². The van der Waals surface area contributed by atoms with Gasteiger partial charge in [-0.1, -0.05) is 26.7 Å². The van der Waals surface area contributed by atoms with Gasteiger partial charge >= 0.3 is 0 Å². The van der Waals surface area contributed by atoms with Gasteiger partial charge in [0.15, 0.2) is 0 Å². The standard InChI is InChI=1S/C26H31NO4S/c1-5-31-20-11-10-17(14-19(20)15(2)3)23(28)21-22(25-16(4)12-13-32-25)27(26(30)24(21)29)18-8-6-7-9-18/h10-15,18,22,28H,5-9H2,1-4H3/b23-21-. The number of hydrogen-bond acceptors (Lipinski definition) is 5. The number of Topliss-reactive ketones (excluding diaryl/α,β-unsaturated/α-hetero) is 1. The molecule has 1 atom stereocenters. The van der Waals surface area contributed by atoms with Crippen LogP contribution in [0.1, 0.15) is 80.0 Å². The van der Waals surface area contributed by atoms with Crippen molar-refractivity contribution in [3.63, 3.8) is 0 Å². The van der Waals surface area contributed by atoms with E-state index in [9.17, 15) is 14.7 Å². The Morgan fingerprint density at radius 2 is 1.94 bits per heavy atom. The molecule has 0 radical (unpaired) electrons. The smallest absolute Gasteiger partial charge is 0.295 e. The molecule has 1 amide bonds. The normalized spacial score (nSPS) is 21.2. The Bertz CT molecular complexity index is 1060. The molecule has 0 spiro atoms. The van der Waals surface area contributed by atoms with Crippen LogP contribution in [0.25, 0.3) is 5.76 Å². The van der Waals surface area contributed by atoms with Gasteiger partial charge in [-0.25, -0.2) is 0 Å². The second-order valence-electron chi connectivity index (χ2n) is 8.95. The number of carbonyl (C=O) groups excluding carboxylic acids is 2. The van der Waals surface area contributed by atoms with Crippen LogP contribution >= 0.6 is 11.3 Å². The lowest BCUT2D eigenvalue weighted by Gasteiger charge is -2.30. The molecule has 2 heterocycles. The van der Waals surface area contributed by atoms with Crippen LogP contribution in [0.4, 0.5) is 0 Å². The number of aliphatic hydroxyl groups excluding tert-OH is 1. The zero-order chi connectivity index (χ0) is 23.0. The SMILES string of the molecule is CCOc1ccc(/C(O)=C2/C(=O)C(=O)N(C3CCCC3)C2c2sccc2C)cc1C(C)C. The Balaban J connectivity index is 1.87. The van der Waals surface area contributed by atoms with Crippen molar-refractivity contribution in [1.29, 1.82) is 0 Å². The molecule has 1 saturated carbocycles. The predicted molar refractivity (Wildman–Crippen MR) is 127 cm³/mol. The lowest BCUT2D eigenvalue weighted by Crippen LogP contribution is -2.37. The van der Waals surface area contributed by atoms with Crippen LogP contribution in [0, 0.1) is 6.92 Å². The summed E-state index contributed by atoms with van der Waals surface area (Å²) in [5.74, 6) is -0.235. The molecule has 2 aliphatic rings. The van der Waals surface area contributed by atoms with Crippen LogP contribution in [0.3, 0.4) is 0 Å². The highest BCUT2D eigenvalue weighted by Crippen LogP contribution is 2.46. The van der Waals surface area contributed by atoms with Crippen LogP contribution in [-0.4, -0.2) is 34.3 Å². The largest absolute Gasteiger partial charge is 0.507 e. The fraction of sp³-hybridized carbons (Fsp3) is 0.462. The molecule has 32 heavy (non-hydrogen) atoms. The topological polar surface area (TPSA) is 66.8 Å². The predicted octanol–water partition coefficient (Wildman–Crippen LogP) is 5.94. The summed E-state index contributed by atoms with van der Waals surface area (Å²) in [6.45, 7) is 8.61. The quantitative estimate of drug-likeness (QED) is 0.334. The van der Waals surface area contributed by atoms with Gasteiger partial charge in [-0.05, 0) is 73.4 Å². The molecule has 1 aromatic carbocycles. The number of rotatable bonds is 6. The molecule has 2 fully saturated rings. The molecule has 1 N–H and O–H groups in total. The maximum Gasteiger partial charge on any atom is 0.295 e. The minimum Gasteiger partial charge on any atom is -0.507 e. The van der Waals surface area contributed by atoms with E-state index in [1.54, 1.807) is 11.0 Å². The van der Waals surface area contributed by atoms with Gasteiger partial charge in [0, 0.05) is 16.5 Å². The average molecular weight is 454 g/mol. The van der Waals surface area contributed by atoms with E-state index in [2.05, 4.69) is 13.8 Å². The first-order valence-electron chi connectivity index (χ1n) is 11.5. The molecular weight excluding hydrogens is 422 g/mol. The van der Waals surface area contributed by atoms with E-state index in [1.807, 2.05) is 37.4 Å². The number of thiophene rings is 1. The summed E-state index contributed by atoms with van der Waals surface area (Å²) in [4.78, 5) is 29.1. The fourth-order valence-electron chi connectivity index (χ4n) is 4.92. The maximum absolute atomic E-state index is 13.3. The first kappa shape index (κ1) is 22.6. The van der Waals surface area contributed by atoms with E-state index >= 15 is 0 Å². The van der Waals surface area contributed by atoms with Gasteiger partial charge < -0.3 is 14.7 Å². The van der Waals surface area contributed by atoms with Crippen molar-refractivity contribution in [3.8, 4) is 5.75 Å². The molecule has 6 heteroatoms. The molecule has 170 valence electrons. The summed E-state index contributed by atoms with van der Waals surface area (Å²) < 4.78 is 5.75.